The molecule has 1 aliphatic rings. The lowest BCUT2D eigenvalue weighted by Gasteiger charge is -2.32. The van der Waals surface area contributed by atoms with Crippen molar-refractivity contribution in [2.45, 2.75) is 51.5 Å². The van der Waals surface area contributed by atoms with Crippen LogP contribution in [0.4, 0.5) is 0 Å². The standard InChI is InChI=1S/C12H19BN2O5/c1-11(2)12(3,4)20-13(19-11)8-5-14-15(6-8)7-9(16)10(17)18/h5-6,9,16H,7H2,1-4H3,(H,17,18)/t9-/m0/s1. The van der Waals surface area contributed by atoms with Gasteiger partial charge in [0.1, 0.15) is 0 Å². The second-order valence-electron chi connectivity index (χ2n) is 5.94. The lowest BCUT2D eigenvalue weighted by molar-refractivity contribution is -0.147. The van der Waals surface area contributed by atoms with Gasteiger partial charge in [-0.2, -0.15) is 5.10 Å². The largest absolute Gasteiger partial charge is 0.498 e. The molecular formula is C12H19BN2O5. The van der Waals surface area contributed by atoms with Crippen molar-refractivity contribution in [2.24, 2.45) is 0 Å². The molecule has 7 nitrogen and oxygen atoms in total. The average molecular weight is 282 g/mol. The molecule has 1 fully saturated rings. The molecule has 0 aliphatic carbocycles. The van der Waals surface area contributed by atoms with Gasteiger partial charge >= 0.3 is 13.1 Å². The van der Waals surface area contributed by atoms with Crippen molar-refractivity contribution in [1.82, 2.24) is 9.78 Å². The molecule has 1 aliphatic heterocycles. The molecule has 0 amide bonds. The predicted molar refractivity (Wildman–Crippen MR) is 71.6 cm³/mol. The zero-order valence-corrected chi connectivity index (χ0v) is 12.0. The summed E-state index contributed by atoms with van der Waals surface area (Å²) >= 11 is 0. The Hall–Kier alpha value is -1.38. The monoisotopic (exact) mass is 282 g/mol. The minimum Gasteiger partial charge on any atom is -0.479 e. The topological polar surface area (TPSA) is 93.8 Å². The van der Waals surface area contributed by atoms with Crippen LogP contribution in [0.2, 0.25) is 0 Å². The Morgan fingerprint density at radius 3 is 2.45 bits per heavy atom. The van der Waals surface area contributed by atoms with Crippen molar-refractivity contribution < 1.29 is 24.3 Å². The number of hydrogen-bond acceptors (Lipinski definition) is 5. The van der Waals surface area contributed by atoms with Crippen LogP contribution in [0.1, 0.15) is 27.7 Å². The summed E-state index contributed by atoms with van der Waals surface area (Å²) in [5.41, 5.74) is -0.193. The van der Waals surface area contributed by atoms with E-state index in [4.69, 9.17) is 14.4 Å². The summed E-state index contributed by atoms with van der Waals surface area (Å²) in [5, 5.41) is 22.0. The fraction of sp³-hybridized carbons (Fsp3) is 0.667. The van der Waals surface area contributed by atoms with E-state index in [2.05, 4.69) is 5.10 Å². The van der Waals surface area contributed by atoms with Crippen LogP contribution >= 0.6 is 0 Å². The lowest BCUT2D eigenvalue weighted by Crippen LogP contribution is -2.41. The second kappa shape index (κ2) is 4.87. The number of nitrogens with zero attached hydrogens (tertiary/aromatic N) is 2. The number of aromatic nitrogens is 2. The van der Waals surface area contributed by atoms with E-state index >= 15 is 0 Å². The van der Waals surface area contributed by atoms with Crippen LogP contribution in [-0.4, -0.2) is 50.4 Å². The Morgan fingerprint density at radius 1 is 1.40 bits per heavy atom. The normalized spacial score (nSPS) is 21.9. The van der Waals surface area contributed by atoms with Crippen LogP contribution < -0.4 is 5.46 Å². The Labute approximate surface area is 117 Å². The molecule has 2 rings (SSSR count). The van der Waals surface area contributed by atoms with Crippen LogP contribution in [0.25, 0.3) is 0 Å². The molecule has 8 heteroatoms. The van der Waals surface area contributed by atoms with E-state index in [-0.39, 0.29) is 6.54 Å². The van der Waals surface area contributed by atoms with E-state index in [0.717, 1.165) is 0 Å². The van der Waals surface area contributed by atoms with Gasteiger partial charge in [0.05, 0.1) is 17.7 Å². The zero-order valence-electron chi connectivity index (χ0n) is 12.0. The maximum Gasteiger partial charge on any atom is 0.498 e. The molecule has 1 atom stereocenters. The molecule has 0 radical (unpaired) electrons. The molecule has 1 aromatic heterocycles. The Balaban J connectivity index is 2.09. The number of aliphatic hydroxyl groups is 1. The number of carbonyl (C=O) groups is 1. The first-order chi connectivity index (χ1) is 9.12. The van der Waals surface area contributed by atoms with Gasteiger partial charge in [-0.15, -0.1) is 0 Å². The van der Waals surface area contributed by atoms with E-state index < -0.39 is 30.4 Å². The predicted octanol–water partition coefficient (Wildman–Crippen LogP) is -0.372. The Morgan fingerprint density at radius 2 is 1.95 bits per heavy atom. The van der Waals surface area contributed by atoms with E-state index in [0.29, 0.717) is 5.46 Å². The highest BCUT2D eigenvalue weighted by atomic mass is 16.7. The molecule has 0 spiro atoms. The third kappa shape index (κ3) is 2.72. The molecule has 20 heavy (non-hydrogen) atoms. The van der Waals surface area contributed by atoms with Gasteiger partial charge in [0.25, 0.3) is 0 Å². The summed E-state index contributed by atoms with van der Waals surface area (Å²) in [6.45, 7) is 7.68. The van der Waals surface area contributed by atoms with E-state index in [1.807, 2.05) is 27.7 Å². The first-order valence-corrected chi connectivity index (χ1v) is 6.41. The van der Waals surface area contributed by atoms with Crippen molar-refractivity contribution in [3.05, 3.63) is 12.4 Å². The highest BCUT2D eigenvalue weighted by Gasteiger charge is 2.52. The highest BCUT2D eigenvalue weighted by molar-refractivity contribution is 6.61. The highest BCUT2D eigenvalue weighted by Crippen LogP contribution is 2.36. The van der Waals surface area contributed by atoms with Gasteiger partial charge in [0, 0.05) is 17.9 Å². The number of rotatable bonds is 4. The van der Waals surface area contributed by atoms with E-state index in [9.17, 15) is 9.90 Å². The van der Waals surface area contributed by atoms with Gasteiger partial charge in [0.2, 0.25) is 0 Å². The summed E-state index contributed by atoms with van der Waals surface area (Å²) in [5.74, 6) is -1.28. The van der Waals surface area contributed by atoms with Gasteiger partial charge in [-0.25, -0.2) is 4.79 Å². The third-order valence-electron chi connectivity index (χ3n) is 3.82. The minimum atomic E-state index is -1.49. The van der Waals surface area contributed by atoms with E-state index in [1.165, 1.54) is 4.68 Å². The summed E-state index contributed by atoms with van der Waals surface area (Å²) in [6.07, 6.45) is 1.69. The lowest BCUT2D eigenvalue weighted by atomic mass is 9.82. The van der Waals surface area contributed by atoms with Crippen molar-refractivity contribution >= 4 is 18.6 Å². The quantitative estimate of drug-likeness (QED) is 0.732. The Kier molecular flexibility index (Phi) is 3.66. The van der Waals surface area contributed by atoms with Crippen LogP contribution in [0.5, 0.6) is 0 Å². The van der Waals surface area contributed by atoms with Gasteiger partial charge in [-0.1, -0.05) is 0 Å². The molecule has 1 aromatic rings. The van der Waals surface area contributed by atoms with Gasteiger partial charge in [-0.3, -0.25) is 4.68 Å². The molecule has 2 heterocycles. The number of aliphatic carboxylic acids is 1. The minimum absolute atomic E-state index is 0.116. The van der Waals surface area contributed by atoms with Gasteiger partial charge in [0.15, 0.2) is 6.10 Å². The summed E-state index contributed by atoms with van der Waals surface area (Å²) in [6, 6.07) is 0. The molecule has 0 saturated carbocycles. The maximum absolute atomic E-state index is 10.6. The average Bonchev–Trinajstić information content (AvgIpc) is 2.82. The van der Waals surface area contributed by atoms with Crippen LogP contribution in [0.15, 0.2) is 12.4 Å². The number of hydrogen-bond donors (Lipinski definition) is 2. The van der Waals surface area contributed by atoms with Crippen LogP contribution in [0.3, 0.4) is 0 Å². The summed E-state index contributed by atoms with van der Waals surface area (Å²) in [7, 11) is -0.546. The summed E-state index contributed by atoms with van der Waals surface area (Å²) < 4.78 is 13.1. The fourth-order valence-electron chi connectivity index (χ4n) is 1.84. The van der Waals surface area contributed by atoms with Crippen molar-refractivity contribution in [2.75, 3.05) is 0 Å². The van der Waals surface area contributed by atoms with Gasteiger partial charge < -0.3 is 19.5 Å². The molecule has 2 N–H and O–H groups in total. The number of aliphatic hydroxyl groups excluding tert-OH is 1. The molecule has 1 saturated heterocycles. The molecule has 0 unspecified atom stereocenters. The molecule has 0 aromatic carbocycles. The first-order valence-electron chi connectivity index (χ1n) is 6.41. The second-order valence-corrected chi connectivity index (χ2v) is 5.94. The van der Waals surface area contributed by atoms with Crippen molar-refractivity contribution in [3.8, 4) is 0 Å². The number of carboxylic acids is 1. The van der Waals surface area contributed by atoms with Gasteiger partial charge in [-0.05, 0) is 27.7 Å². The molecule has 110 valence electrons. The zero-order chi connectivity index (χ0) is 15.1. The summed E-state index contributed by atoms with van der Waals surface area (Å²) in [4.78, 5) is 10.6. The molecular weight excluding hydrogens is 263 g/mol. The maximum atomic E-state index is 10.6. The van der Waals surface area contributed by atoms with Crippen LogP contribution in [-0.2, 0) is 20.6 Å². The Bertz CT molecular complexity index is 498. The molecule has 0 bridgehead atoms. The third-order valence-corrected chi connectivity index (χ3v) is 3.82. The smallest absolute Gasteiger partial charge is 0.479 e. The SMILES string of the molecule is CC1(C)OB(c2cnn(C[C@H](O)C(=O)O)c2)OC1(C)C. The first kappa shape index (κ1) is 15.0. The van der Waals surface area contributed by atoms with Crippen molar-refractivity contribution in [1.29, 1.82) is 0 Å². The van der Waals surface area contributed by atoms with Crippen molar-refractivity contribution in [3.63, 3.8) is 0 Å². The van der Waals surface area contributed by atoms with Crippen LogP contribution in [0, 0.1) is 0 Å². The van der Waals surface area contributed by atoms with E-state index in [1.54, 1.807) is 12.4 Å². The number of carboxylic acid groups (broad SMARTS) is 1. The fourth-order valence-corrected chi connectivity index (χ4v) is 1.84.